The van der Waals surface area contributed by atoms with Gasteiger partial charge in [0.05, 0.1) is 16.8 Å². The summed E-state index contributed by atoms with van der Waals surface area (Å²) >= 11 is 12.6. The molecule has 20 heavy (non-hydrogen) atoms. The summed E-state index contributed by atoms with van der Waals surface area (Å²) in [5.74, 6) is -0.677. The highest BCUT2D eigenvalue weighted by atomic mass is 79.9. The third-order valence-corrected chi connectivity index (χ3v) is 4.43. The van der Waals surface area contributed by atoms with Gasteiger partial charge in [-0.05, 0) is 56.1 Å². The Morgan fingerprint density at radius 1 is 0.900 bits per heavy atom. The Labute approximate surface area is 136 Å². The topological polar surface area (TPSA) is 37.4 Å². The third kappa shape index (κ3) is 2.01. The minimum absolute atomic E-state index is 0.339. The fourth-order valence-corrected chi connectivity index (χ4v) is 4.16. The van der Waals surface area contributed by atoms with Gasteiger partial charge in [0.1, 0.15) is 0 Å². The van der Waals surface area contributed by atoms with Crippen molar-refractivity contribution in [1.29, 1.82) is 0 Å². The molecule has 100 valence electrons. The highest BCUT2D eigenvalue weighted by Crippen LogP contribution is 2.40. The first-order valence-electron chi connectivity index (χ1n) is 5.63. The SMILES string of the molecule is O=C1c2ccccc2C(=O)N1c1c(Br)cc(Cl)cc1Br. The molecule has 0 aromatic heterocycles. The van der Waals surface area contributed by atoms with Gasteiger partial charge in [-0.2, -0.15) is 0 Å². The Hall–Kier alpha value is -1.17. The monoisotopic (exact) mass is 413 g/mol. The van der Waals surface area contributed by atoms with Crippen LogP contribution in [0.3, 0.4) is 0 Å². The first kappa shape index (κ1) is 13.8. The molecule has 2 aromatic carbocycles. The molecule has 6 heteroatoms. The Balaban J connectivity index is 2.19. The largest absolute Gasteiger partial charge is 0.268 e. The van der Waals surface area contributed by atoms with Crippen LogP contribution >= 0.6 is 43.5 Å². The van der Waals surface area contributed by atoms with Crippen LogP contribution in [0.4, 0.5) is 5.69 Å². The minimum atomic E-state index is -0.339. The molecule has 0 N–H and O–H groups in total. The smallest absolute Gasteiger partial charge is 0.266 e. The number of benzene rings is 2. The summed E-state index contributed by atoms with van der Waals surface area (Å²) in [4.78, 5) is 26.0. The van der Waals surface area contributed by atoms with E-state index in [0.717, 1.165) is 4.90 Å². The molecule has 1 heterocycles. The van der Waals surface area contributed by atoms with Gasteiger partial charge in [-0.25, -0.2) is 4.90 Å². The van der Waals surface area contributed by atoms with E-state index in [1.54, 1.807) is 36.4 Å². The summed E-state index contributed by atoms with van der Waals surface area (Å²) in [6, 6.07) is 10.1. The zero-order valence-electron chi connectivity index (χ0n) is 9.86. The molecule has 0 saturated heterocycles. The second kappa shape index (κ2) is 4.98. The molecular formula is C14H6Br2ClNO2. The van der Waals surface area contributed by atoms with Crippen LogP contribution < -0.4 is 4.90 Å². The van der Waals surface area contributed by atoms with Crippen molar-refractivity contribution in [3.05, 3.63) is 61.5 Å². The van der Waals surface area contributed by atoms with E-state index in [4.69, 9.17) is 11.6 Å². The number of amides is 2. The molecule has 0 radical (unpaired) electrons. The van der Waals surface area contributed by atoms with Crippen LogP contribution in [0, 0.1) is 0 Å². The van der Waals surface area contributed by atoms with Gasteiger partial charge in [0.15, 0.2) is 0 Å². The molecule has 0 saturated carbocycles. The maximum Gasteiger partial charge on any atom is 0.266 e. The minimum Gasteiger partial charge on any atom is -0.268 e. The van der Waals surface area contributed by atoms with E-state index in [2.05, 4.69) is 31.9 Å². The van der Waals surface area contributed by atoms with Crippen LogP contribution in [-0.4, -0.2) is 11.8 Å². The van der Waals surface area contributed by atoms with Crippen molar-refractivity contribution in [3.63, 3.8) is 0 Å². The van der Waals surface area contributed by atoms with Crippen molar-refractivity contribution in [2.24, 2.45) is 0 Å². The molecule has 2 amide bonds. The number of hydrogen-bond acceptors (Lipinski definition) is 2. The molecular weight excluding hydrogens is 409 g/mol. The van der Waals surface area contributed by atoms with E-state index in [-0.39, 0.29) is 11.8 Å². The van der Waals surface area contributed by atoms with Crippen LogP contribution in [0.2, 0.25) is 5.02 Å². The first-order chi connectivity index (χ1) is 9.50. The van der Waals surface area contributed by atoms with Crippen molar-refractivity contribution in [2.75, 3.05) is 4.90 Å². The van der Waals surface area contributed by atoms with Gasteiger partial charge in [0.25, 0.3) is 11.8 Å². The van der Waals surface area contributed by atoms with E-state index in [1.807, 2.05) is 0 Å². The maximum atomic E-state index is 12.4. The molecule has 0 fully saturated rings. The predicted octanol–water partition coefficient (Wildman–Crippen LogP) is 4.67. The zero-order valence-corrected chi connectivity index (χ0v) is 13.8. The van der Waals surface area contributed by atoms with E-state index in [9.17, 15) is 9.59 Å². The fraction of sp³-hybridized carbons (Fsp3) is 0. The van der Waals surface area contributed by atoms with Crippen LogP contribution in [0.25, 0.3) is 0 Å². The molecule has 3 rings (SSSR count). The predicted molar refractivity (Wildman–Crippen MR) is 84.4 cm³/mol. The van der Waals surface area contributed by atoms with E-state index in [0.29, 0.717) is 30.8 Å². The molecule has 2 aromatic rings. The summed E-state index contributed by atoms with van der Waals surface area (Å²) in [7, 11) is 0. The number of carbonyl (C=O) groups is 2. The fourth-order valence-electron chi connectivity index (χ4n) is 2.14. The number of halogens is 3. The lowest BCUT2D eigenvalue weighted by molar-refractivity contribution is 0.0926. The lowest BCUT2D eigenvalue weighted by Crippen LogP contribution is -2.30. The van der Waals surface area contributed by atoms with Gasteiger partial charge in [0, 0.05) is 14.0 Å². The van der Waals surface area contributed by atoms with Gasteiger partial charge in [0.2, 0.25) is 0 Å². The number of hydrogen-bond donors (Lipinski definition) is 0. The number of carbonyl (C=O) groups excluding carboxylic acids is 2. The molecule has 0 aliphatic carbocycles. The summed E-state index contributed by atoms with van der Waals surface area (Å²) in [6.07, 6.45) is 0. The molecule has 1 aliphatic rings. The average Bonchev–Trinajstić information content (AvgIpc) is 2.64. The Morgan fingerprint density at radius 2 is 1.35 bits per heavy atom. The summed E-state index contributed by atoms with van der Waals surface area (Å²) in [5, 5.41) is 0.504. The van der Waals surface area contributed by atoms with E-state index in [1.165, 1.54) is 0 Å². The molecule has 0 bridgehead atoms. The van der Waals surface area contributed by atoms with Crippen molar-refractivity contribution in [3.8, 4) is 0 Å². The zero-order chi connectivity index (χ0) is 14.4. The van der Waals surface area contributed by atoms with Crippen molar-refractivity contribution >= 4 is 61.0 Å². The maximum absolute atomic E-state index is 12.4. The normalized spacial score (nSPS) is 13.8. The van der Waals surface area contributed by atoms with Gasteiger partial charge in [-0.15, -0.1) is 0 Å². The van der Waals surface area contributed by atoms with E-state index < -0.39 is 0 Å². The van der Waals surface area contributed by atoms with Crippen molar-refractivity contribution < 1.29 is 9.59 Å². The highest BCUT2D eigenvalue weighted by molar-refractivity contribution is 9.11. The molecule has 1 aliphatic heterocycles. The van der Waals surface area contributed by atoms with Crippen LogP contribution in [-0.2, 0) is 0 Å². The summed E-state index contributed by atoms with van der Waals surface area (Å²) < 4.78 is 1.15. The summed E-state index contributed by atoms with van der Waals surface area (Å²) in [6.45, 7) is 0. The number of anilines is 1. The third-order valence-electron chi connectivity index (χ3n) is 3.00. The van der Waals surface area contributed by atoms with Gasteiger partial charge >= 0.3 is 0 Å². The van der Waals surface area contributed by atoms with Crippen molar-refractivity contribution in [1.82, 2.24) is 0 Å². The quantitative estimate of drug-likeness (QED) is 0.635. The van der Waals surface area contributed by atoms with Gasteiger partial charge in [-0.3, -0.25) is 9.59 Å². The van der Waals surface area contributed by atoms with E-state index >= 15 is 0 Å². The number of fused-ring (bicyclic) bond motifs is 1. The number of imide groups is 1. The lowest BCUT2D eigenvalue weighted by atomic mass is 10.1. The second-order valence-electron chi connectivity index (χ2n) is 4.21. The van der Waals surface area contributed by atoms with Crippen LogP contribution in [0.5, 0.6) is 0 Å². The Morgan fingerprint density at radius 3 is 1.80 bits per heavy atom. The highest BCUT2D eigenvalue weighted by Gasteiger charge is 2.38. The lowest BCUT2D eigenvalue weighted by Gasteiger charge is -2.17. The number of nitrogens with zero attached hydrogens (tertiary/aromatic N) is 1. The molecule has 3 nitrogen and oxygen atoms in total. The second-order valence-corrected chi connectivity index (χ2v) is 6.35. The molecule has 0 spiro atoms. The standard InChI is InChI=1S/C14H6Br2ClNO2/c15-10-5-7(17)6-11(16)12(10)18-13(19)8-3-1-2-4-9(8)14(18)20/h1-6H. The van der Waals surface area contributed by atoms with Gasteiger partial charge in [-0.1, -0.05) is 23.7 Å². The van der Waals surface area contributed by atoms with Crippen LogP contribution in [0.1, 0.15) is 20.7 Å². The Kier molecular flexibility index (Phi) is 3.44. The number of rotatable bonds is 1. The molecule has 0 atom stereocenters. The summed E-state index contributed by atoms with van der Waals surface area (Å²) in [5.41, 5.74) is 1.28. The van der Waals surface area contributed by atoms with Gasteiger partial charge < -0.3 is 0 Å². The van der Waals surface area contributed by atoms with Crippen molar-refractivity contribution in [2.45, 2.75) is 0 Å². The molecule has 0 unspecified atom stereocenters. The Bertz CT molecular complexity index is 703. The first-order valence-corrected chi connectivity index (χ1v) is 7.59. The van der Waals surface area contributed by atoms with Crippen LogP contribution in [0.15, 0.2) is 45.3 Å². The average molecular weight is 415 g/mol.